The standard InChI is InChI=1S/C20H22N4O2/c1-23(2)13-16-8-4-3-7-15(16)11-21-20(26)14-24-18-10-6-5-9-17(18)19(25)12-22-24/h3-10,12H,11,13-14H2,1-2H3,(H,21,26). The van der Waals surface area contributed by atoms with Crippen molar-refractivity contribution in [3.63, 3.8) is 0 Å². The second kappa shape index (κ2) is 7.93. The number of carbonyl (C=O) groups is 1. The summed E-state index contributed by atoms with van der Waals surface area (Å²) in [6.07, 6.45) is 1.25. The monoisotopic (exact) mass is 350 g/mol. The normalized spacial score (nSPS) is 11.0. The summed E-state index contributed by atoms with van der Waals surface area (Å²) in [7, 11) is 4.03. The highest BCUT2D eigenvalue weighted by atomic mass is 16.2. The molecule has 3 aromatic rings. The first-order valence-electron chi connectivity index (χ1n) is 8.47. The number of hydrogen-bond donors (Lipinski definition) is 1. The van der Waals surface area contributed by atoms with E-state index in [1.54, 1.807) is 22.9 Å². The van der Waals surface area contributed by atoms with Crippen LogP contribution in [0.25, 0.3) is 10.9 Å². The Labute approximate surface area is 152 Å². The fraction of sp³-hybridized carbons (Fsp3) is 0.250. The van der Waals surface area contributed by atoms with Crippen LogP contribution in [0, 0.1) is 0 Å². The average Bonchev–Trinajstić information content (AvgIpc) is 2.63. The molecular formula is C20H22N4O2. The van der Waals surface area contributed by atoms with E-state index < -0.39 is 0 Å². The molecule has 134 valence electrons. The van der Waals surface area contributed by atoms with Gasteiger partial charge in [-0.25, -0.2) is 0 Å². The highest BCUT2D eigenvalue weighted by Crippen LogP contribution is 2.11. The Hall–Kier alpha value is -2.99. The van der Waals surface area contributed by atoms with Gasteiger partial charge in [-0.3, -0.25) is 14.3 Å². The van der Waals surface area contributed by atoms with Gasteiger partial charge in [0, 0.05) is 18.5 Å². The molecule has 0 aliphatic carbocycles. The zero-order chi connectivity index (χ0) is 18.5. The van der Waals surface area contributed by atoms with Gasteiger partial charge in [0.1, 0.15) is 6.54 Å². The maximum atomic E-state index is 12.4. The van der Waals surface area contributed by atoms with Crippen molar-refractivity contribution in [3.8, 4) is 0 Å². The van der Waals surface area contributed by atoms with Crippen LogP contribution in [-0.4, -0.2) is 34.7 Å². The fourth-order valence-corrected chi connectivity index (χ4v) is 2.90. The molecule has 0 spiro atoms. The largest absolute Gasteiger partial charge is 0.350 e. The fourth-order valence-electron chi connectivity index (χ4n) is 2.90. The van der Waals surface area contributed by atoms with Crippen molar-refractivity contribution in [2.24, 2.45) is 0 Å². The molecule has 0 saturated carbocycles. The first-order chi connectivity index (χ1) is 12.5. The molecule has 3 rings (SSSR count). The Kier molecular flexibility index (Phi) is 5.43. The minimum atomic E-state index is -0.147. The van der Waals surface area contributed by atoms with E-state index in [0.717, 1.165) is 12.1 Å². The molecule has 2 aromatic carbocycles. The average molecular weight is 350 g/mol. The maximum absolute atomic E-state index is 12.4. The molecule has 26 heavy (non-hydrogen) atoms. The molecule has 0 atom stereocenters. The number of hydrogen-bond acceptors (Lipinski definition) is 4. The van der Waals surface area contributed by atoms with Gasteiger partial charge in [0.25, 0.3) is 0 Å². The van der Waals surface area contributed by atoms with Crippen molar-refractivity contribution < 1.29 is 4.79 Å². The van der Waals surface area contributed by atoms with Crippen LogP contribution in [0.5, 0.6) is 0 Å². The van der Waals surface area contributed by atoms with Crippen LogP contribution in [0.4, 0.5) is 0 Å². The van der Waals surface area contributed by atoms with E-state index in [2.05, 4.69) is 21.4 Å². The molecule has 6 nitrogen and oxygen atoms in total. The zero-order valence-electron chi connectivity index (χ0n) is 15.0. The van der Waals surface area contributed by atoms with Gasteiger partial charge in [0.2, 0.25) is 11.3 Å². The first-order valence-corrected chi connectivity index (χ1v) is 8.47. The summed E-state index contributed by atoms with van der Waals surface area (Å²) >= 11 is 0. The summed E-state index contributed by atoms with van der Waals surface area (Å²) in [5.41, 5.74) is 2.79. The summed E-state index contributed by atoms with van der Waals surface area (Å²) in [6.45, 7) is 1.34. The van der Waals surface area contributed by atoms with E-state index in [1.807, 2.05) is 38.4 Å². The predicted octanol–water partition coefficient (Wildman–Crippen LogP) is 1.77. The van der Waals surface area contributed by atoms with E-state index in [1.165, 1.54) is 11.8 Å². The maximum Gasteiger partial charge on any atom is 0.242 e. The number of para-hydroxylation sites is 1. The second-order valence-corrected chi connectivity index (χ2v) is 6.47. The topological polar surface area (TPSA) is 67.2 Å². The number of fused-ring (bicyclic) bond motifs is 1. The zero-order valence-corrected chi connectivity index (χ0v) is 15.0. The van der Waals surface area contributed by atoms with Gasteiger partial charge in [0.15, 0.2) is 0 Å². The van der Waals surface area contributed by atoms with E-state index in [-0.39, 0.29) is 17.9 Å². The van der Waals surface area contributed by atoms with E-state index in [4.69, 9.17) is 0 Å². The van der Waals surface area contributed by atoms with E-state index in [0.29, 0.717) is 17.4 Å². The Morgan fingerprint density at radius 2 is 1.77 bits per heavy atom. The Balaban J connectivity index is 1.71. The van der Waals surface area contributed by atoms with Crippen molar-refractivity contribution >= 4 is 16.8 Å². The Morgan fingerprint density at radius 3 is 2.54 bits per heavy atom. The molecular weight excluding hydrogens is 328 g/mol. The Morgan fingerprint density at radius 1 is 1.08 bits per heavy atom. The van der Waals surface area contributed by atoms with Crippen LogP contribution in [0.15, 0.2) is 59.5 Å². The number of benzene rings is 2. The summed E-state index contributed by atoms with van der Waals surface area (Å²) < 4.78 is 1.55. The number of nitrogens with one attached hydrogen (secondary N) is 1. The minimum Gasteiger partial charge on any atom is -0.350 e. The molecule has 0 fully saturated rings. The Bertz CT molecular complexity index is 979. The highest BCUT2D eigenvalue weighted by Gasteiger charge is 2.09. The van der Waals surface area contributed by atoms with Gasteiger partial charge in [-0.05, 0) is 37.4 Å². The minimum absolute atomic E-state index is 0.0661. The van der Waals surface area contributed by atoms with Crippen LogP contribution < -0.4 is 10.7 Å². The predicted molar refractivity (Wildman–Crippen MR) is 102 cm³/mol. The number of aromatic nitrogens is 2. The third-order valence-electron chi connectivity index (χ3n) is 4.14. The van der Waals surface area contributed by atoms with Crippen LogP contribution in [-0.2, 0) is 24.4 Å². The number of rotatable bonds is 6. The molecule has 1 N–H and O–H groups in total. The summed E-state index contributed by atoms with van der Waals surface area (Å²) in [5.74, 6) is -0.147. The van der Waals surface area contributed by atoms with Crippen molar-refractivity contribution in [1.82, 2.24) is 20.0 Å². The summed E-state index contributed by atoms with van der Waals surface area (Å²) in [6, 6.07) is 15.2. The van der Waals surface area contributed by atoms with Gasteiger partial charge < -0.3 is 10.2 Å². The second-order valence-electron chi connectivity index (χ2n) is 6.47. The van der Waals surface area contributed by atoms with Crippen LogP contribution in [0.3, 0.4) is 0 Å². The summed E-state index contributed by atoms with van der Waals surface area (Å²) in [5, 5.41) is 7.60. The van der Waals surface area contributed by atoms with Crippen molar-refractivity contribution in [3.05, 3.63) is 76.1 Å². The van der Waals surface area contributed by atoms with Crippen molar-refractivity contribution in [2.75, 3.05) is 14.1 Å². The van der Waals surface area contributed by atoms with Crippen LogP contribution in [0.1, 0.15) is 11.1 Å². The summed E-state index contributed by atoms with van der Waals surface area (Å²) in [4.78, 5) is 26.4. The third-order valence-corrected chi connectivity index (χ3v) is 4.14. The smallest absolute Gasteiger partial charge is 0.242 e. The van der Waals surface area contributed by atoms with Gasteiger partial charge >= 0.3 is 0 Å². The van der Waals surface area contributed by atoms with Gasteiger partial charge in [-0.2, -0.15) is 5.10 Å². The van der Waals surface area contributed by atoms with Gasteiger partial charge in [-0.1, -0.05) is 36.4 Å². The molecule has 0 aliphatic heterocycles. The molecule has 1 heterocycles. The van der Waals surface area contributed by atoms with Crippen molar-refractivity contribution in [2.45, 2.75) is 19.6 Å². The van der Waals surface area contributed by atoms with E-state index in [9.17, 15) is 9.59 Å². The lowest BCUT2D eigenvalue weighted by molar-refractivity contribution is -0.121. The lowest BCUT2D eigenvalue weighted by Crippen LogP contribution is -2.29. The SMILES string of the molecule is CN(C)Cc1ccccc1CNC(=O)Cn1ncc(=O)c2ccccc21. The van der Waals surface area contributed by atoms with Gasteiger partial charge in [0.05, 0.1) is 11.7 Å². The number of carbonyl (C=O) groups excluding carboxylic acids is 1. The molecule has 0 aliphatic rings. The molecule has 0 radical (unpaired) electrons. The molecule has 0 bridgehead atoms. The number of amides is 1. The lowest BCUT2D eigenvalue weighted by atomic mass is 10.1. The lowest BCUT2D eigenvalue weighted by Gasteiger charge is -2.15. The molecule has 0 saturated heterocycles. The first kappa shape index (κ1) is 17.8. The van der Waals surface area contributed by atoms with Crippen LogP contribution >= 0.6 is 0 Å². The van der Waals surface area contributed by atoms with Gasteiger partial charge in [-0.15, -0.1) is 0 Å². The molecule has 1 amide bonds. The van der Waals surface area contributed by atoms with Crippen LogP contribution in [0.2, 0.25) is 0 Å². The molecule has 0 unspecified atom stereocenters. The highest BCUT2D eigenvalue weighted by molar-refractivity contribution is 5.81. The third kappa shape index (κ3) is 4.15. The van der Waals surface area contributed by atoms with Crippen molar-refractivity contribution in [1.29, 1.82) is 0 Å². The number of nitrogens with zero attached hydrogens (tertiary/aromatic N) is 3. The quantitative estimate of drug-likeness (QED) is 0.736. The van der Waals surface area contributed by atoms with E-state index >= 15 is 0 Å². The molecule has 6 heteroatoms. The molecule has 1 aromatic heterocycles.